The van der Waals surface area contributed by atoms with E-state index >= 15 is 0 Å². The maximum atomic E-state index is 12.6. The Labute approximate surface area is 146 Å². The fourth-order valence-corrected chi connectivity index (χ4v) is 2.87. The summed E-state index contributed by atoms with van der Waals surface area (Å²) in [6, 6.07) is 9.55. The van der Waals surface area contributed by atoms with Crippen LogP contribution in [0.25, 0.3) is 11.1 Å². The predicted molar refractivity (Wildman–Crippen MR) is 92.9 cm³/mol. The number of aromatic nitrogens is 3. The highest BCUT2D eigenvalue weighted by molar-refractivity contribution is 5.94. The van der Waals surface area contributed by atoms with Gasteiger partial charge in [-0.1, -0.05) is 17.3 Å². The zero-order valence-corrected chi connectivity index (χ0v) is 14.3. The zero-order chi connectivity index (χ0) is 17.4. The maximum Gasteiger partial charge on any atom is 0.253 e. The lowest BCUT2D eigenvalue weighted by Gasteiger charge is -2.15. The first-order valence-corrected chi connectivity index (χ1v) is 8.40. The Morgan fingerprint density at radius 1 is 1.28 bits per heavy atom. The monoisotopic (exact) mass is 336 g/mol. The zero-order valence-electron chi connectivity index (χ0n) is 14.3. The number of amides is 1. The third-order valence-corrected chi connectivity index (χ3v) is 4.47. The van der Waals surface area contributed by atoms with Gasteiger partial charge in [0.15, 0.2) is 0 Å². The highest BCUT2D eigenvalue weighted by atomic mass is 16.5. The first kappa shape index (κ1) is 15.6. The minimum atomic E-state index is -0.0336. The van der Waals surface area contributed by atoms with Crippen LogP contribution in [0.4, 0.5) is 0 Å². The topological polar surface area (TPSA) is 64.2 Å². The fraction of sp³-hybridized carbons (Fsp3) is 0.316. The minimum absolute atomic E-state index is 0.0336. The van der Waals surface area contributed by atoms with Gasteiger partial charge in [-0.3, -0.25) is 9.48 Å². The summed E-state index contributed by atoms with van der Waals surface area (Å²) in [5.41, 5.74) is 3.52. The Morgan fingerprint density at radius 3 is 2.68 bits per heavy atom. The van der Waals surface area contributed by atoms with Gasteiger partial charge in [-0.15, -0.1) is 0 Å². The van der Waals surface area contributed by atoms with Gasteiger partial charge in [0.1, 0.15) is 11.5 Å². The number of rotatable bonds is 5. The van der Waals surface area contributed by atoms with E-state index in [-0.39, 0.29) is 5.91 Å². The third-order valence-electron chi connectivity index (χ3n) is 4.47. The lowest BCUT2D eigenvalue weighted by atomic mass is 10.1. The van der Waals surface area contributed by atoms with Crippen molar-refractivity contribution in [1.82, 2.24) is 19.8 Å². The number of aryl methyl sites for hydroxylation is 1. The summed E-state index contributed by atoms with van der Waals surface area (Å²) in [7, 11) is 3.66. The van der Waals surface area contributed by atoms with Gasteiger partial charge in [-0.2, -0.15) is 5.10 Å². The van der Waals surface area contributed by atoms with Crippen LogP contribution in [0.1, 0.15) is 40.6 Å². The third kappa shape index (κ3) is 3.33. The van der Waals surface area contributed by atoms with Crippen molar-refractivity contribution in [2.24, 2.45) is 7.05 Å². The van der Waals surface area contributed by atoms with E-state index in [0.29, 0.717) is 18.0 Å². The summed E-state index contributed by atoms with van der Waals surface area (Å²) >= 11 is 0. The van der Waals surface area contributed by atoms with Crippen molar-refractivity contribution in [2.75, 3.05) is 7.05 Å². The minimum Gasteiger partial charge on any atom is -0.361 e. The highest BCUT2D eigenvalue weighted by Crippen LogP contribution is 2.40. The number of nitrogens with zero attached hydrogens (tertiary/aromatic N) is 4. The van der Waals surface area contributed by atoms with E-state index in [2.05, 4.69) is 10.3 Å². The molecule has 0 unspecified atom stereocenters. The molecule has 0 aliphatic heterocycles. The number of hydrogen-bond donors (Lipinski definition) is 0. The molecule has 2 aromatic heterocycles. The molecular formula is C19H20N4O2. The molecule has 0 saturated heterocycles. The standard InChI is InChI=1S/C19H20N4O2/c1-22(12-17-9-18(25-21-17)14-5-6-14)19(24)15-7-3-13(4-8-15)16-10-20-23(2)11-16/h3-4,7-11,14H,5-6,12H2,1-2H3. The van der Waals surface area contributed by atoms with Crippen LogP contribution in [-0.4, -0.2) is 32.8 Å². The van der Waals surface area contributed by atoms with Crippen LogP contribution in [-0.2, 0) is 13.6 Å². The van der Waals surface area contributed by atoms with E-state index in [1.54, 1.807) is 16.6 Å². The second kappa shape index (κ2) is 6.20. The quantitative estimate of drug-likeness (QED) is 0.717. The molecule has 3 aromatic rings. The Kier molecular flexibility index (Phi) is 3.87. The molecule has 0 atom stereocenters. The van der Waals surface area contributed by atoms with Crippen molar-refractivity contribution in [3.05, 3.63) is 59.7 Å². The number of benzene rings is 1. The summed E-state index contributed by atoms with van der Waals surface area (Å²) in [4.78, 5) is 14.3. The Bertz CT molecular complexity index is 890. The van der Waals surface area contributed by atoms with Crippen LogP contribution in [0.5, 0.6) is 0 Å². The fourth-order valence-electron chi connectivity index (χ4n) is 2.87. The lowest BCUT2D eigenvalue weighted by Crippen LogP contribution is -2.26. The summed E-state index contributed by atoms with van der Waals surface area (Å²) < 4.78 is 7.11. The molecule has 0 spiro atoms. The molecule has 4 rings (SSSR count). The number of hydrogen-bond acceptors (Lipinski definition) is 4. The van der Waals surface area contributed by atoms with Crippen molar-refractivity contribution in [1.29, 1.82) is 0 Å². The maximum absolute atomic E-state index is 12.6. The lowest BCUT2D eigenvalue weighted by molar-refractivity contribution is 0.0782. The molecule has 1 amide bonds. The summed E-state index contributed by atoms with van der Waals surface area (Å²) in [5.74, 6) is 1.44. The van der Waals surface area contributed by atoms with Crippen LogP contribution in [0, 0.1) is 0 Å². The molecule has 1 saturated carbocycles. The molecule has 0 N–H and O–H groups in total. The number of carbonyl (C=O) groups excluding carboxylic acids is 1. The molecule has 0 radical (unpaired) electrons. The van der Waals surface area contributed by atoms with Crippen LogP contribution in [0.2, 0.25) is 0 Å². The van der Waals surface area contributed by atoms with E-state index in [0.717, 1.165) is 22.6 Å². The molecule has 6 nitrogen and oxygen atoms in total. The molecule has 1 aliphatic carbocycles. The SMILES string of the molecule is CN(Cc1cc(C2CC2)on1)C(=O)c1ccc(-c2cnn(C)c2)cc1. The average Bonchev–Trinajstić information content (AvgIpc) is 3.22. The first-order chi connectivity index (χ1) is 12.1. The van der Waals surface area contributed by atoms with Gasteiger partial charge < -0.3 is 9.42 Å². The van der Waals surface area contributed by atoms with Crippen LogP contribution in [0.3, 0.4) is 0 Å². The van der Waals surface area contributed by atoms with E-state index in [4.69, 9.17) is 4.52 Å². The van der Waals surface area contributed by atoms with Gasteiger partial charge in [0.2, 0.25) is 0 Å². The van der Waals surface area contributed by atoms with E-state index in [9.17, 15) is 4.79 Å². The molecule has 1 aromatic carbocycles. The summed E-state index contributed by atoms with van der Waals surface area (Å²) in [6.45, 7) is 0.444. The summed E-state index contributed by atoms with van der Waals surface area (Å²) in [5, 5.41) is 8.24. The highest BCUT2D eigenvalue weighted by Gasteiger charge is 2.28. The predicted octanol–water partition coefficient (Wildman–Crippen LogP) is 3.22. The Balaban J connectivity index is 1.43. The molecule has 128 valence electrons. The van der Waals surface area contributed by atoms with Crippen LogP contribution >= 0.6 is 0 Å². The van der Waals surface area contributed by atoms with Gasteiger partial charge in [-0.05, 0) is 30.5 Å². The second-order valence-electron chi connectivity index (χ2n) is 6.64. The summed E-state index contributed by atoms with van der Waals surface area (Å²) in [6.07, 6.45) is 6.11. The molecular weight excluding hydrogens is 316 g/mol. The van der Waals surface area contributed by atoms with Gasteiger partial charge in [0.05, 0.1) is 12.7 Å². The van der Waals surface area contributed by atoms with E-state index in [1.807, 2.05) is 49.8 Å². The largest absolute Gasteiger partial charge is 0.361 e. The molecule has 2 heterocycles. The van der Waals surface area contributed by atoms with Gasteiger partial charge in [0.25, 0.3) is 5.91 Å². The molecule has 25 heavy (non-hydrogen) atoms. The van der Waals surface area contributed by atoms with Gasteiger partial charge in [-0.25, -0.2) is 0 Å². The second-order valence-corrected chi connectivity index (χ2v) is 6.64. The van der Waals surface area contributed by atoms with Gasteiger partial charge >= 0.3 is 0 Å². The molecule has 0 bridgehead atoms. The van der Waals surface area contributed by atoms with Crippen molar-refractivity contribution < 1.29 is 9.32 Å². The Hall–Kier alpha value is -2.89. The molecule has 1 aliphatic rings. The van der Waals surface area contributed by atoms with Crippen LogP contribution in [0.15, 0.2) is 47.2 Å². The average molecular weight is 336 g/mol. The van der Waals surface area contributed by atoms with Gasteiger partial charge in [0, 0.05) is 43.4 Å². The van der Waals surface area contributed by atoms with E-state index in [1.165, 1.54) is 12.8 Å². The Morgan fingerprint density at radius 2 is 2.04 bits per heavy atom. The molecule has 1 fully saturated rings. The smallest absolute Gasteiger partial charge is 0.253 e. The molecule has 6 heteroatoms. The van der Waals surface area contributed by atoms with E-state index < -0.39 is 0 Å². The van der Waals surface area contributed by atoms with Crippen molar-refractivity contribution in [3.63, 3.8) is 0 Å². The van der Waals surface area contributed by atoms with Crippen molar-refractivity contribution in [2.45, 2.75) is 25.3 Å². The van der Waals surface area contributed by atoms with Crippen molar-refractivity contribution >= 4 is 5.91 Å². The number of carbonyl (C=O) groups is 1. The first-order valence-electron chi connectivity index (χ1n) is 8.40. The van der Waals surface area contributed by atoms with Crippen molar-refractivity contribution in [3.8, 4) is 11.1 Å². The van der Waals surface area contributed by atoms with Crippen LogP contribution < -0.4 is 0 Å². The normalized spacial score (nSPS) is 13.8.